The maximum absolute atomic E-state index is 13.0. The number of carbonyl (C=O) groups excluding carboxylic acids is 1. The quantitative estimate of drug-likeness (QED) is 0.746. The zero-order chi connectivity index (χ0) is 17.2. The third kappa shape index (κ3) is 3.09. The topological polar surface area (TPSA) is 44.8 Å². The van der Waals surface area contributed by atoms with Gasteiger partial charge >= 0.3 is 0 Å². The molecular formula is C20H28O4. The smallest absolute Gasteiger partial charge is 0.168 e. The SMILES string of the molecule is CCCC1c2cc(OC)ccc2C(=O)C1CCC1(CC)OCCO1. The molecule has 0 radical (unpaired) electrons. The van der Waals surface area contributed by atoms with Crippen LogP contribution in [0.1, 0.15) is 67.8 Å². The van der Waals surface area contributed by atoms with Gasteiger partial charge in [0.1, 0.15) is 5.75 Å². The Morgan fingerprint density at radius 2 is 1.92 bits per heavy atom. The first-order chi connectivity index (χ1) is 11.6. The number of methoxy groups -OCH3 is 1. The lowest BCUT2D eigenvalue weighted by atomic mass is 9.84. The van der Waals surface area contributed by atoms with Gasteiger partial charge in [-0.3, -0.25) is 4.79 Å². The predicted molar refractivity (Wildman–Crippen MR) is 92.6 cm³/mol. The number of ketones is 1. The highest BCUT2D eigenvalue weighted by Gasteiger charge is 2.42. The van der Waals surface area contributed by atoms with Crippen LogP contribution >= 0.6 is 0 Å². The highest BCUT2D eigenvalue weighted by atomic mass is 16.7. The van der Waals surface area contributed by atoms with E-state index in [4.69, 9.17) is 14.2 Å². The monoisotopic (exact) mass is 332 g/mol. The van der Waals surface area contributed by atoms with Crippen molar-refractivity contribution in [2.75, 3.05) is 20.3 Å². The molecule has 3 rings (SSSR count). The van der Waals surface area contributed by atoms with Gasteiger partial charge in [0.15, 0.2) is 11.6 Å². The number of hydrogen-bond donors (Lipinski definition) is 0. The van der Waals surface area contributed by atoms with Crippen LogP contribution in [-0.2, 0) is 9.47 Å². The van der Waals surface area contributed by atoms with E-state index in [1.54, 1.807) is 7.11 Å². The van der Waals surface area contributed by atoms with Gasteiger partial charge in [0.25, 0.3) is 0 Å². The van der Waals surface area contributed by atoms with Crippen molar-refractivity contribution in [1.82, 2.24) is 0 Å². The molecule has 1 fully saturated rings. The van der Waals surface area contributed by atoms with Crippen molar-refractivity contribution >= 4 is 5.78 Å². The fourth-order valence-electron chi connectivity index (χ4n) is 4.20. The van der Waals surface area contributed by atoms with Gasteiger partial charge in [0.2, 0.25) is 0 Å². The van der Waals surface area contributed by atoms with Gasteiger partial charge in [-0.05, 0) is 48.9 Å². The molecule has 0 saturated carbocycles. The molecule has 1 saturated heterocycles. The second-order valence-electron chi connectivity index (χ2n) is 6.82. The van der Waals surface area contributed by atoms with Crippen LogP contribution in [0.4, 0.5) is 0 Å². The fourth-order valence-corrected chi connectivity index (χ4v) is 4.20. The Bertz CT molecular complexity index is 589. The minimum Gasteiger partial charge on any atom is -0.497 e. The van der Waals surface area contributed by atoms with Gasteiger partial charge in [-0.1, -0.05) is 20.3 Å². The Kier molecular flexibility index (Phi) is 5.26. The number of carbonyl (C=O) groups is 1. The normalized spacial score (nSPS) is 25.0. The summed E-state index contributed by atoms with van der Waals surface area (Å²) in [6, 6.07) is 5.86. The highest BCUT2D eigenvalue weighted by Crippen LogP contribution is 2.45. The summed E-state index contributed by atoms with van der Waals surface area (Å²) in [5.74, 6) is 0.932. The summed E-state index contributed by atoms with van der Waals surface area (Å²) in [6.07, 6.45) is 4.52. The predicted octanol–water partition coefficient (Wildman–Crippen LogP) is 4.32. The third-order valence-electron chi connectivity index (χ3n) is 5.53. The van der Waals surface area contributed by atoms with Crippen LogP contribution in [0.3, 0.4) is 0 Å². The van der Waals surface area contributed by atoms with Gasteiger partial charge in [0, 0.05) is 17.9 Å². The first-order valence-corrected chi connectivity index (χ1v) is 9.14. The van der Waals surface area contributed by atoms with Crippen LogP contribution in [0.25, 0.3) is 0 Å². The summed E-state index contributed by atoms with van der Waals surface area (Å²) in [5.41, 5.74) is 2.03. The maximum Gasteiger partial charge on any atom is 0.168 e. The maximum atomic E-state index is 13.0. The van der Waals surface area contributed by atoms with E-state index in [1.807, 2.05) is 18.2 Å². The molecule has 4 nitrogen and oxygen atoms in total. The van der Waals surface area contributed by atoms with Gasteiger partial charge in [-0.25, -0.2) is 0 Å². The average molecular weight is 332 g/mol. The zero-order valence-electron chi connectivity index (χ0n) is 15.0. The molecule has 2 unspecified atom stereocenters. The van der Waals surface area contributed by atoms with E-state index in [2.05, 4.69) is 13.8 Å². The van der Waals surface area contributed by atoms with Gasteiger partial charge in [0.05, 0.1) is 20.3 Å². The zero-order valence-corrected chi connectivity index (χ0v) is 15.0. The van der Waals surface area contributed by atoms with E-state index in [0.29, 0.717) is 13.2 Å². The van der Waals surface area contributed by atoms with Crippen LogP contribution < -0.4 is 4.74 Å². The molecule has 0 aromatic heterocycles. The van der Waals surface area contributed by atoms with E-state index in [1.165, 1.54) is 0 Å². The Morgan fingerprint density at radius 1 is 1.17 bits per heavy atom. The number of benzene rings is 1. The molecule has 2 aliphatic rings. The minimum absolute atomic E-state index is 0.0308. The molecule has 1 aliphatic heterocycles. The number of ether oxygens (including phenoxy) is 3. The molecule has 1 aromatic rings. The highest BCUT2D eigenvalue weighted by molar-refractivity contribution is 6.03. The van der Waals surface area contributed by atoms with Crippen LogP contribution in [0.15, 0.2) is 18.2 Å². The van der Waals surface area contributed by atoms with Gasteiger partial charge in [-0.2, -0.15) is 0 Å². The molecule has 1 aromatic carbocycles. The third-order valence-corrected chi connectivity index (χ3v) is 5.53. The van der Waals surface area contributed by atoms with E-state index in [-0.39, 0.29) is 17.6 Å². The Labute approximate surface area is 144 Å². The van der Waals surface area contributed by atoms with Crippen molar-refractivity contribution in [3.05, 3.63) is 29.3 Å². The lowest BCUT2D eigenvalue weighted by Gasteiger charge is -2.28. The summed E-state index contributed by atoms with van der Waals surface area (Å²) >= 11 is 0. The standard InChI is InChI=1S/C20H28O4/c1-4-6-15-17(9-10-20(5-2)23-11-12-24-20)19(21)16-8-7-14(22-3)13-18(15)16/h7-8,13,15,17H,4-6,9-12H2,1-3H3. The molecule has 2 atom stereocenters. The lowest BCUT2D eigenvalue weighted by Crippen LogP contribution is -2.31. The number of hydrogen-bond acceptors (Lipinski definition) is 4. The first-order valence-electron chi connectivity index (χ1n) is 9.14. The molecule has 0 spiro atoms. The van der Waals surface area contributed by atoms with Crippen LogP contribution in [-0.4, -0.2) is 31.9 Å². The minimum atomic E-state index is -0.483. The molecule has 132 valence electrons. The second kappa shape index (κ2) is 7.24. The Hall–Kier alpha value is -1.39. The van der Waals surface area contributed by atoms with E-state index in [9.17, 15) is 4.79 Å². The van der Waals surface area contributed by atoms with Crippen molar-refractivity contribution in [2.45, 2.75) is 57.7 Å². The van der Waals surface area contributed by atoms with E-state index >= 15 is 0 Å². The molecule has 1 heterocycles. The van der Waals surface area contributed by atoms with Crippen molar-refractivity contribution in [3.63, 3.8) is 0 Å². The largest absolute Gasteiger partial charge is 0.497 e. The van der Waals surface area contributed by atoms with Crippen molar-refractivity contribution in [1.29, 1.82) is 0 Å². The average Bonchev–Trinajstić information content (AvgIpc) is 3.18. The van der Waals surface area contributed by atoms with Crippen molar-refractivity contribution in [3.8, 4) is 5.75 Å². The molecular weight excluding hydrogens is 304 g/mol. The molecule has 24 heavy (non-hydrogen) atoms. The van der Waals surface area contributed by atoms with Crippen LogP contribution in [0.5, 0.6) is 5.75 Å². The summed E-state index contributed by atoms with van der Waals surface area (Å²) in [6.45, 7) is 5.58. The summed E-state index contributed by atoms with van der Waals surface area (Å²) in [5, 5.41) is 0. The van der Waals surface area contributed by atoms with E-state index < -0.39 is 5.79 Å². The molecule has 1 aliphatic carbocycles. The number of Topliss-reactive ketones (excluding diaryl/α,β-unsaturated/α-hetero) is 1. The fraction of sp³-hybridized carbons (Fsp3) is 0.650. The molecule has 4 heteroatoms. The molecule has 0 bridgehead atoms. The lowest BCUT2D eigenvalue weighted by molar-refractivity contribution is -0.165. The summed E-state index contributed by atoms with van der Waals surface area (Å²) in [7, 11) is 1.67. The first kappa shape index (κ1) is 17.4. The van der Waals surface area contributed by atoms with Crippen molar-refractivity contribution in [2.24, 2.45) is 5.92 Å². The Morgan fingerprint density at radius 3 is 2.54 bits per heavy atom. The Balaban J connectivity index is 1.80. The van der Waals surface area contributed by atoms with Crippen LogP contribution in [0.2, 0.25) is 0 Å². The second-order valence-corrected chi connectivity index (χ2v) is 6.82. The van der Waals surface area contributed by atoms with Gasteiger partial charge in [-0.15, -0.1) is 0 Å². The van der Waals surface area contributed by atoms with Crippen LogP contribution in [0, 0.1) is 5.92 Å². The number of rotatable bonds is 7. The van der Waals surface area contributed by atoms with Gasteiger partial charge < -0.3 is 14.2 Å². The molecule has 0 N–H and O–H groups in total. The number of fused-ring (bicyclic) bond motifs is 1. The summed E-state index contributed by atoms with van der Waals surface area (Å²) in [4.78, 5) is 13.0. The van der Waals surface area contributed by atoms with E-state index in [0.717, 1.165) is 49.0 Å². The summed E-state index contributed by atoms with van der Waals surface area (Å²) < 4.78 is 17.0. The molecule has 0 amide bonds. The van der Waals surface area contributed by atoms with Crippen molar-refractivity contribution < 1.29 is 19.0 Å².